The molecule has 1 fully saturated rings. The maximum Gasteiger partial charge on any atom is 0.125 e. The molecule has 0 aliphatic carbocycles. The smallest absolute Gasteiger partial charge is 0.125 e. The van der Waals surface area contributed by atoms with Gasteiger partial charge in [-0.3, -0.25) is 9.58 Å². The molecule has 3 rings (SSSR count). The van der Waals surface area contributed by atoms with E-state index in [2.05, 4.69) is 32.2 Å². The third-order valence-corrected chi connectivity index (χ3v) is 3.89. The second-order valence-corrected chi connectivity index (χ2v) is 5.63. The summed E-state index contributed by atoms with van der Waals surface area (Å²) in [5.74, 6) is 1.40. The van der Waals surface area contributed by atoms with Crippen molar-refractivity contribution in [3.63, 3.8) is 0 Å². The number of aromatic nitrogens is 4. The van der Waals surface area contributed by atoms with Gasteiger partial charge in [-0.05, 0) is 32.4 Å². The predicted octanol–water partition coefficient (Wildman–Crippen LogP) is 1.90. The van der Waals surface area contributed by atoms with Gasteiger partial charge in [0.1, 0.15) is 5.82 Å². The summed E-state index contributed by atoms with van der Waals surface area (Å²) in [7, 11) is 1.96. The van der Waals surface area contributed by atoms with E-state index < -0.39 is 0 Å². The Morgan fingerprint density at radius 2 is 2.30 bits per heavy atom. The molecule has 0 radical (unpaired) electrons. The van der Waals surface area contributed by atoms with Crippen LogP contribution >= 0.6 is 0 Å². The third kappa shape index (κ3) is 3.04. The molecule has 2 aromatic rings. The average molecular weight is 271 g/mol. The van der Waals surface area contributed by atoms with Crippen molar-refractivity contribution in [3.8, 4) is 0 Å². The van der Waals surface area contributed by atoms with Gasteiger partial charge in [0.25, 0.3) is 0 Å². The summed E-state index contributed by atoms with van der Waals surface area (Å²) >= 11 is 0. The zero-order chi connectivity index (χ0) is 13.9. The van der Waals surface area contributed by atoms with Gasteiger partial charge in [0, 0.05) is 49.7 Å². The minimum absolute atomic E-state index is 0.530. The first-order valence-electron chi connectivity index (χ1n) is 7.20. The van der Waals surface area contributed by atoms with Crippen molar-refractivity contribution in [2.45, 2.75) is 32.2 Å². The molecule has 2 aromatic heterocycles. The molecular formula is C15H21N5. The first kappa shape index (κ1) is 13.2. The van der Waals surface area contributed by atoms with Crippen molar-refractivity contribution < 1.29 is 0 Å². The highest BCUT2D eigenvalue weighted by atomic mass is 15.2. The molecule has 1 saturated heterocycles. The summed E-state index contributed by atoms with van der Waals surface area (Å²) in [4.78, 5) is 11.3. The van der Waals surface area contributed by atoms with Gasteiger partial charge < -0.3 is 0 Å². The Morgan fingerprint density at radius 3 is 3.05 bits per heavy atom. The molecule has 1 atom stereocenters. The lowest BCUT2D eigenvalue weighted by molar-refractivity contribution is 0.198. The quantitative estimate of drug-likeness (QED) is 0.855. The van der Waals surface area contributed by atoms with E-state index in [0.29, 0.717) is 5.92 Å². The number of nitrogens with zero attached hydrogens (tertiary/aromatic N) is 5. The normalized spacial score (nSPS) is 20.2. The maximum atomic E-state index is 4.59. The topological polar surface area (TPSA) is 46.8 Å². The molecule has 1 aliphatic rings. The lowest BCUT2D eigenvalue weighted by Gasteiger charge is -2.32. The number of piperidine rings is 1. The van der Waals surface area contributed by atoms with Crippen molar-refractivity contribution >= 4 is 0 Å². The van der Waals surface area contributed by atoms with Crippen LogP contribution in [0.3, 0.4) is 0 Å². The summed E-state index contributed by atoms with van der Waals surface area (Å²) in [5.41, 5.74) is 2.47. The molecule has 20 heavy (non-hydrogen) atoms. The van der Waals surface area contributed by atoms with E-state index in [1.165, 1.54) is 24.1 Å². The van der Waals surface area contributed by atoms with Gasteiger partial charge in [-0.15, -0.1) is 0 Å². The van der Waals surface area contributed by atoms with Crippen LogP contribution in [-0.4, -0.2) is 37.7 Å². The van der Waals surface area contributed by atoms with Crippen molar-refractivity contribution in [1.29, 1.82) is 0 Å². The van der Waals surface area contributed by atoms with Gasteiger partial charge in [-0.25, -0.2) is 9.97 Å². The molecule has 1 aliphatic heterocycles. The van der Waals surface area contributed by atoms with Crippen LogP contribution in [0.15, 0.2) is 24.7 Å². The van der Waals surface area contributed by atoms with Gasteiger partial charge >= 0.3 is 0 Å². The SMILES string of the molecule is Cc1nccc(C2CCCN(Cc3cnn(C)c3)C2)n1. The highest BCUT2D eigenvalue weighted by Crippen LogP contribution is 2.26. The molecule has 5 nitrogen and oxygen atoms in total. The van der Waals surface area contributed by atoms with Crippen molar-refractivity contribution in [1.82, 2.24) is 24.6 Å². The van der Waals surface area contributed by atoms with E-state index in [4.69, 9.17) is 0 Å². The van der Waals surface area contributed by atoms with Gasteiger partial charge in [-0.2, -0.15) is 5.10 Å². The summed E-state index contributed by atoms with van der Waals surface area (Å²) < 4.78 is 1.87. The molecule has 5 heteroatoms. The monoisotopic (exact) mass is 271 g/mol. The molecule has 0 spiro atoms. The molecule has 0 saturated carbocycles. The number of likely N-dealkylation sites (tertiary alicyclic amines) is 1. The van der Waals surface area contributed by atoms with E-state index in [0.717, 1.165) is 25.5 Å². The predicted molar refractivity (Wildman–Crippen MR) is 77.2 cm³/mol. The molecule has 106 valence electrons. The first-order chi connectivity index (χ1) is 9.70. The second-order valence-electron chi connectivity index (χ2n) is 5.63. The average Bonchev–Trinajstić information content (AvgIpc) is 2.84. The molecule has 0 amide bonds. The Morgan fingerprint density at radius 1 is 1.40 bits per heavy atom. The fourth-order valence-electron chi connectivity index (χ4n) is 2.95. The van der Waals surface area contributed by atoms with Gasteiger partial charge in [0.2, 0.25) is 0 Å². The van der Waals surface area contributed by atoms with Crippen molar-refractivity contribution in [2.24, 2.45) is 7.05 Å². The lowest BCUT2D eigenvalue weighted by Crippen LogP contribution is -2.34. The van der Waals surface area contributed by atoms with E-state index in [1.54, 1.807) is 0 Å². The summed E-state index contributed by atoms with van der Waals surface area (Å²) in [6, 6.07) is 2.06. The largest absolute Gasteiger partial charge is 0.298 e. The lowest BCUT2D eigenvalue weighted by atomic mass is 9.94. The Kier molecular flexibility index (Phi) is 3.78. The Labute approximate surface area is 119 Å². The molecule has 1 unspecified atom stereocenters. The summed E-state index contributed by atoms with van der Waals surface area (Å²) in [6.07, 6.45) is 8.38. The minimum Gasteiger partial charge on any atom is -0.298 e. The van der Waals surface area contributed by atoms with Crippen LogP contribution in [0.1, 0.15) is 35.8 Å². The third-order valence-electron chi connectivity index (χ3n) is 3.89. The van der Waals surface area contributed by atoms with Crippen LogP contribution in [0.5, 0.6) is 0 Å². The molecule has 0 bridgehead atoms. The zero-order valence-electron chi connectivity index (χ0n) is 12.2. The minimum atomic E-state index is 0.530. The number of aryl methyl sites for hydroxylation is 2. The Bertz CT molecular complexity index is 577. The molecule has 3 heterocycles. The van der Waals surface area contributed by atoms with E-state index >= 15 is 0 Å². The van der Waals surface area contributed by atoms with Crippen molar-refractivity contribution in [3.05, 3.63) is 41.7 Å². The van der Waals surface area contributed by atoms with Crippen LogP contribution in [0.25, 0.3) is 0 Å². The maximum absolute atomic E-state index is 4.59. The number of hydrogen-bond acceptors (Lipinski definition) is 4. The van der Waals surface area contributed by atoms with Crippen LogP contribution in [0, 0.1) is 6.92 Å². The molecule has 0 aromatic carbocycles. The van der Waals surface area contributed by atoms with Gasteiger partial charge in [-0.1, -0.05) is 0 Å². The van der Waals surface area contributed by atoms with Crippen LogP contribution in [0.4, 0.5) is 0 Å². The highest BCUT2D eigenvalue weighted by Gasteiger charge is 2.22. The zero-order valence-corrected chi connectivity index (χ0v) is 12.2. The van der Waals surface area contributed by atoms with Gasteiger partial charge in [0.05, 0.1) is 6.20 Å². The summed E-state index contributed by atoms with van der Waals surface area (Å²) in [6.45, 7) is 5.18. The highest BCUT2D eigenvalue weighted by molar-refractivity contribution is 5.11. The van der Waals surface area contributed by atoms with Crippen LogP contribution in [-0.2, 0) is 13.6 Å². The molecular weight excluding hydrogens is 250 g/mol. The van der Waals surface area contributed by atoms with E-state index in [9.17, 15) is 0 Å². The fraction of sp³-hybridized carbons (Fsp3) is 0.533. The van der Waals surface area contributed by atoms with Crippen molar-refractivity contribution in [2.75, 3.05) is 13.1 Å². The van der Waals surface area contributed by atoms with E-state index in [1.807, 2.05) is 31.0 Å². The van der Waals surface area contributed by atoms with Crippen LogP contribution in [0.2, 0.25) is 0 Å². The number of rotatable bonds is 3. The Balaban J connectivity index is 1.67. The Hall–Kier alpha value is -1.75. The first-order valence-corrected chi connectivity index (χ1v) is 7.20. The van der Waals surface area contributed by atoms with Crippen LogP contribution < -0.4 is 0 Å². The summed E-state index contributed by atoms with van der Waals surface area (Å²) in [5, 5.41) is 4.24. The standard InChI is InChI=1S/C15H21N5/c1-12-16-6-5-15(18-12)14-4-3-7-20(11-14)10-13-8-17-19(2)9-13/h5-6,8-9,14H,3-4,7,10-11H2,1-2H3. The fourth-order valence-corrected chi connectivity index (χ4v) is 2.95. The molecule has 0 N–H and O–H groups in total. The van der Waals surface area contributed by atoms with E-state index in [-0.39, 0.29) is 0 Å². The second kappa shape index (κ2) is 5.71. The van der Waals surface area contributed by atoms with Gasteiger partial charge in [0.15, 0.2) is 0 Å². The number of hydrogen-bond donors (Lipinski definition) is 0.